The standard InChI is InChI=1S/C12H15ClN2O3/c1-7-3-4-9(5-10(7)13)15-11(16)6-14-8(2)12(17)18/h3-5,8,14H,6H2,1-2H3,(H,15,16)(H,17,18)/t8-/m0/s1. The van der Waals surface area contributed by atoms with Crippen LogP contribution >= 0.6 is 11.6 Å². The number of carbonyl (C=O) groups is 2. The molecular formula is C12H15ClN2O3. The van der Waals surface area contributed by atoms with Crippen LogP contribution in [0.1, 0.15) is 12.5 Å². The van der Waals surface area contributed by atoms with Gasteiger partial charge in [-0.3, -0.25) is 14.9 Å². The van der Waals surface area contributed by atoms with Crippen molar-refractivity contribution in [3.05, 3.63) is 28.8 Å². The number of hydrogen-bond donors (Lipinski definition) is 3. The van der Waals surface area contributed by atoms with Crippen molar-refractivity contribution >= 4 is 29.2 Å². The molecule has 0 aromatic heterocycles. The van der Waals surface area contributed by atoms with Gasteiger partial charge in [0, 0.05) is 10.7 Å². The van der Waals surface area contributed by atoms with Gasteiger partial charge in [0.1, 0.15) is 6.04 Å². The first-order chi connectivity index (χ1) is 8.40. The average Bonchev–Trinajstić information content (AvgIpc) is 2.30. The van der Waals surface area contributed by atoms with Crippen molar-refractivity contribution in [3.8, 4) is 0 Å². The zero-order valence-electron chi connectivity index (χ0n) is 10.2. The Morgan fingerprint density at radius 3 is 2.67 bits per heavy atom. The smallest absolute Gasteiger partial charge is 0.320 e. The molecule has 0 fully saturated rings. The van der Waals surface area contributed by atoms with Gasteiger partial charge in [0.05, 0.1) is 6.54 Å². The highest BCUT2D eigenvalue weighted by atomic mass is 35.5. The van der Waals surface area contributed by atoms with Gasteiger partial charge in [-0.15, -0.1) is 0 Å². The molecule has 0 aliphatic carbocycles. The third-order valence-electron chi connectivity index (χ3n) is 2.39. The van der Waals surface area contributed by atoms with Crippen molar-refractivity contribution in [2.45, 2.75) is 19.9 Å². The highest BCUT2D eigenvalue weighted by Gasteiger charge is 2.11. The Morgan fingerprint density at radius 2 is 2.11 bits per heavy atom. The Hall–Kier alpha value is -1.59. The zero-order chi connectivity index (χ0) is 13.7. The Kier molecular flexibility index (Phi) is 5.12. The lowest BCUT2D eigenvalue weighted by atomic mass is 10.2. The van der Waals surface area contributed by atoms with Crippen LogP contribution in [0.4, 0.5) is 5.69 Å². The third-order valence-corrected chi connectivity index (χ3v) is 2.80. The first kappa shape index (κ1) is 14.5. The summed E-state index contributed by atoms with van der Waals surface area (Å²) in [4.78, 5) is 22.1. The Bertz CT molecular complexity index is 463. The molecule has 6 heteroatoms. The number of carboxylic acid groups (broad SMARTS) is 1. The van der Waals surface area contributed by atoms with Gasteiger partial charge >= 0.3 is 5.97 Å². The summed E-state index contributed by atoms with van der Waals surface area (Å²) in [5.74, 6) is -1.32. The van der Waals surface area contributed by atoms with Crippen molar-refractivity contribution in [1.82, 2.24) is 5.32 Å². The summed E-state index contributed by atoms with van der Waals surface area (Å²) in [6, 6.07) is 4.41. The lowest BCUT2D eigenvalue weighted by Gasteiger charge is -2.10. The number of aliphatic carboxylic acids is 1. The minimum Gasteiger partial charge on any atom is -0.480 e. The summed E-state index contributed by atoms with van der Waals surface area (Å²) >= 11 is 5.92. The molecule has 98 valence electrons. The largest absolute Gasteiger partial charge is 0.480 e. The second-order valence-corrected chi connectivity index (χ2v) is 4.36. The molecule has 1 aromatic carbocycles. The quantitative estimate of drug-likeness (QED) is 0.760. The molecule has 0 saturated carbocycles. The summed E-state index contributed by atoms with van der Waals surface area (Å²) in [5, 5.41) is 14.4. The van der Waals surface area contributed by atoms with Crippen LogP contribution in [0, 0.1) is 6.92 Å². The maximum absolute atomic E-state index is 11.5. The molecule has 0 aliphatic rings. The van der Waals surface area contributed by atoms with Crippen molar-refractivity contribution in [2.24, 2.45) is 0 Å². The number of benzene rings is 1. The molecular weight excluding hydrogens is 256 g/mol. The molecule has 0 spiro atoms. The van der Waals surface area contributed by atoms with Gasteiger partial charge in [-0.05, 0) is 31.5 Å². The van der Waals surface area contributed by atoms with Crippen LogP contribution in [0.5, 0.6) is 0 Å². The number of carboxylic acids is 1. The van der Waals surface area contributed by atoms with E-state index in [0.29, 0.717) is 10.7 Å². The number of nitrogens with one attached hydrogen (secondary N) is 2. The Balaban J connectivity index is 2.49. The van der Waals surface area contributed by atoms with Gasteiger partial charge < -0.3 is 10.4 Å². The maximum atomic E-state index is 11.5. The molecule has 18 heavy (non-hydrogen) atoms. The first-order valence-corrected chi connectivity index (χ1v) is 5.80. The predicted molar refractivity (Wildman–Crippen MR) is 69.9 cm³/mol. The van der Waals surface area contributed by atoms with Gasteiger partial charge in [-0.25, -0.2) is 0 Å². The van der Waals surface area contributed by atoms with Crippen LogP contribution < -0.4 is 10.6 Å². The summed E-state index contributed by atoms with van der Waals surface area (Å²) in [7, 11) is 0. The number of aryl methyl sites for hydroxylation is 1. The number of carbonyl (C=O) groups excluding carboxylic acids is 1. The average molecular weight is 271 g/mol. The zero-order valence-corrected chi connectivity index (χ0v) is 10.9. The summed E-state index contributed by atoms with van der Waals surface area (Å²) in [6.45, 7) is 3.27. The van der Waals surface area contributed by atoms with Crippen LogP contribution in [0.3, 0.4) is 0 Å². The van der Waals surface area contributed by atoms with E-state index in [1.807, 2.05) is 6.92 Å². The molecule has 0 aliphatic heterocycles. The predicted octanol–water partition coefficient (Wildman–Crippen LogP) is 1.65. The van der Waals surface area contributed by atoms with Crippen molar-refractivity contribution < 1.29 is 14.7 Å². The molecule has 0 unspecified atom stereocenters. The van der Waals surface area contributed by atoms with Gasteiger partial charge in [0.25, 0.3) is 0 Å². The normalized spacial score (nSPS) is 11.9. The van der Waals surface area contributed by atoms with Crippen LogP contribution in [0.2, 0.25) is 5.02 Å². The van der Waals surface area contributed by atoms with Crippen molar-refractivity contribution in [2.75, 3.05) is 11.9 Å². The Morgan fingerprint density at radius 1 is 1.44 bits per heavy atom. The van der Waals surface area contributed by atoms with E-state index in [1.165, 1.54) is 6.92 Å². The topological polar surface area (TPSA) is 78.4 Å². The second kappa shape index (κ2) is 6.37. The van der Waals surface area contributed by atoms with Crippen molar-refractivity contribution in [3.63, 3.8) is 0 Å². The van der Waals surface area contributed by atoms with E-state index in [-0.39, 0.29) is 12.5 Å². The first-order valence-electron chi connectivity index (χ1n) is 5.42. The number of halogens is 1. The lowest BCUT2D eigenvalue weighted by Crippen LogP contribution is -2.39. The van der Waals surface area contributed by atoms with E-state index in [2.05, 4.69) is 10.6 Å². The van der Waals surface area contributed by atoms with Crippen LogP contribution in [-0.2, 0) is 9.59 Å². The van der Waals surface area contributed by atoms with Gasteiger partial charge in [-0.1, -0.05) is 17.7 Å². The van der Waals surface area contributed by atoms with Crippen LogP contribution in [0.15, 0.2) is 18.2 Å². The molecule has 5 nitrogen and oxygen atoms in total. The number of anilines is 1. The molecule has 3 N–H and O–H groups in total. The maximum Gasteiger partial charge on any atom is 0.320 e. The molecule has 1 atom stereocenters. The minimum absolute atomic E-state index is 0.0705. The van der Waals surface area contributed by atoms with Gasteiger partial charge in [0.15, 0.2) is 0 Å². The fraction of sp³-hybridized carbons (Fsp3) is 0.333. The molecule has 0 saturated heterocycles. The molecule has 0 bridgehead atoms. The monoisotopic (exact) mass is 270 g/mol. The number of rotatable bonds is 5. The van der Waals surface area contributed by atoms with E-state index in [4.69, 9.17) is 16.7 Å². The highest BCUT2D eigenvalue weighted by Crippen LogP contribution is 2.19. The van der Waals surface area contributed by atoms with E-state index in [9.17, 15) is 9.59 Å². The molecule has 1 amide bonds. The van der Waals surface area contributed by atoms with Crippen LogP contribution in [0.25, 0.3) is 0 Å². The third kappa shape index (κ3) is 4.35. The summed E-state index contributed by atoms with van der Waals surface area (Å²) < 4.78 is 0. The van der Waals surface area contributed by atoms with E-state index >= 15 is 0 Å². The lowest BCUT2D eigenvalue weighted by molar-refractivity contribution is -0.139. The van der Waals surface area contributed by atoms with Gasteiger partial charge in [0.2, 0.25) is 5.91 Å². The highest BCUT2D eigenvalue weighted by molar-refractivity contribution is 6.31. The van der Waals surface area contributed by atoms with Gasteiger partial charge in [-0.2, -0.15) is 0 Å². The number of amides is 1. The van der Waals surface area contributed by atoms with Crippen LogP contribution in [-0.4, -0.2) is 29.6 Å². The van der Waals surface area contributed by atoms with Crippen molar-refractivity contribution in [1.29, 1.82) is 0 Å². The summed E-state index contributed by atoms with van der Waals surface area (Å²) in [5.41, 5.74) is 1.51. The minimum atomic E-state index is -0.999. The molecule has 1 rings (SSSR count). The second-order valence-electron chi connectivity index (χ2n) is 3.95. The number of hydrogen-bond acceptors (Lipinski definition) is 3. The van der Waals surface area contributed by atoms with E-state index in [1.54, 1.807) is 18.2 Å². The molecule has 1 aromatic rings. The SMILES string of the molecule is Cc1ccc(NC(=O)CN[C@@H](C)C(=O)O)cc1Cl. The molecule has 0 heterocycles. The van der Waals surface area contributed by atoms with E-state index in [0.717, 1.165) is 5.56 Å². The van der Waals surface area contributed by atoms with E-state index < -0.39 is 12.0 Å². The fourth-order valence-electron chi connectivity index (χ4n) is 1.21. The summed E-state index contributed by atoms with van der Waals surface area (Å²) in [6.07, 6.45) is 0. The Labute approximate surface area is 110 Å². The fourth-order valence-corrected chi connectivity index (χ4v) is 1.39. The molecule has 0 radical (unpaired) electrons.